The Labute approximate surface area is 157 Å². The molecule has 1 amide bonds. The molecule has 1 aliphatic heterocycles. The van der Waals surface area contributed by atoms with Crippen LogP contribution >= 0.6 is 0 Å². The van der Waals surface area contributed by atoms with E-state index < -0.39 is 10.0 Å². The van der Waals surface area contributed by atoms with Gasteiger partial charge >= 0.3 is 0 Å². The molecule has 1 saturated heterocycles. The van der Waals surface area contributed by atoms with Crippen molar-refractivity contribution in [3.63, 3.8) is 0 Å². The van der Waals surface area contributed by atoms with Gasteiger partial charge < -0.3 is 9.64 Å². The molecule has 1 aromatic carbocycles. The van der Waals surface area contributed by atoms with Gasteiger partial charge in [-0.3, -0.25) is 4.79 Å². The third-order valence-electron chi connectivity index (χ3n) is 4.16. The Hall–Kier alpha value is -2.96. The van der Waals surface area contributed by atoms with Crippen LogP contribution in [0.1, 0.15) is 16.1 Å². The van der Waals surface area contributed by atoms with Gasteiger partial charge in [-0.15, -0.1) is 0 Å². The van der Waals surface area contributed by atoms with Gasteiger partial charge in [-0.1, -0.05) is 0 Å². The van der Waals surface area contributed by atoms with Crippen LogP contribution < -0.4 is 4.74 Å². The van der Waals surface area contributed by atoms with Crippen molar-refractivity contribution in [2.24, 2.45) is 0 Å². The van der Waals surface area contributed by atoms with Gasteiger partial charge in [0.2, 0.25) is 10.0 Å². The Balaban J connectivity index is 1.59. The number of amides is 1. The lowest BCUT2D eigenvalue weighted by Crippen LogP contribution is -2.56. The summed E-state index contributed by atoms with van der Waals surface area (Å²) >= 11 is 0. The molecule has 0 atom stereocenters. The smallest absolute Gasteiger partial charge is 0.254 e. The number of sulfonamides is 1. The number of aromatic nitrogens is 1. The SMILES string of the molecule is CN(C)S(=O)(=O)c1ccc(C(=O)N2CC(Oc3ccnc(C#N)c3)C2)cc1. The highest BCUT2D eigenvalue weighted by atomic mass is 32.2. The second-order valence-electron chi connectivity index (χ2n) is 6.25. The van der Waals surface area contributed by atoms with Gasteiger partial charge in [-0.05, 0) is 30.3 Å². The topological polar surface area (TPSA) is 104 Å². The van der Waals surface area contributed by atoms with Crippen molar-refractivity contribution in [3.8, 4) is 11.8 Å². The predicted molar refractivity (Wildman–Crippen MR) is 96.6 cm³/mol. The molecular weight excluding hydrogens is 368 g/mol. The maximum absolute atomic E-state index is 12.5. The fourth-order valence-electron chi connectivity index (χ4n) is 2.58. The Kier molecular flexibility index (Phi) is 5.12. The maximum Gasteiger partial charge on any atom is 0.254 e. The number of carbonyl (C=O) groups excluding carboxylic acids is 1. The molecule has 0 aliphatic carbocycles. The molecule has 8 nitrogen and oxygen atoms in total. The molecule has 2 aromatic rings. The average molecular weight is 386 g/mol. The molecule has 3 rings (SSSR count). The highest BCUT2D eigenvalue weighted by Crippen LogP contribution is 2.21. The van der Waals surface area contributed by atoms with Crippen molar-refractivity contribution >= 4 is 15.9 Å². The van der Waals surface area contributed by atoms with Gasteiger partial charge in [-0.25, -0.2) is 17.7 Å². The predicted octanol–water partition coefficient (Wildman–Crippen LogP) is 1.11. The molecule has 0 bridgehead atoms. The normalized spacial score (nSPS) is 14.5. The first kappa shape index (κ1) is 18.8. The lowest BCUT2D eigenvalue weighted by molar-refractivity contribution is 0.0177. The van der Waals surface area contributed by atoms with Gasteiger partial charge in [0.1, 0.15) is 23.6 Å². The molecule has 2 heterocycles. The summed E-state index contributed by atoms with van der Waals surface area (Å²) in [7, 11) is -0.609. The molecular formula is C18H18N4O4S. The van der Waals surface area contributed by atoms with Crippen LogP contribution in [0.3, 0.4) is 0 Å². The van der Waals surface area contributed by atoms with Crippen molar-refractivity contribution < 1.29 is 17.9 Å². The van der Waals surface area contributed by atoms with E-state index in [1.54, 1.807) is 17.0 Å². The minimum atomic E-state index is -3.52. The standard InChI is InChI=1S/C18H18N4O4S/c1-21(2)27(24,25)17-5-3-13(4-6-17)18(23)22-11-16(12-22)26-15-7-8-20-14(9-15)10-19/h3-9,16H,11-12H2,1-2H3. The van der Waals surface area contributed by atoms with E-state index >= 15 is 0 Å². The van der Waals surface area contributed by atoms with E-state index in [0.717, 1.165) is 4.31 Å². The molecule has 0 spiro atoms. The molecule has 0 radical (unpaired) electrons. The first-order chi connectivity index (χ1) is 12.8. The second kappa shape index (κ2) is 7.34. The maximum atomic E-state index is 12.5. The summed E-state index contributed by atoms with van der Waals surface area (Å²) in [6.45, 7) is 0.835. The van der Waals surface area contributed by atoms with E-state index in [4.69, 9.17) is 10.00 Å². The number of nitrogens with zero attached hydrogens (tertiary/aromatic N) is 4. The number of likely N-dealkylation sites (tertiary alicyclic amines) is 1. The van der Waals surface area contributed by atoms with E-state index in [1.807, 2.05) is 6.07 Å². The monoisotopic (exact) mass is 386 g/mol. The Morgan fingerprint density at radius 3 is 2.52 bits per heavy atom. The minimum absolute atomic E-state index is 0.139. The summed E-state index contributed by atoms with van der Waals surface area (Å²) in [5, 5.41) is 8.85. The van der Waals surface area contributed by atoms with Gasteiger partial charge in [0.25, 0.3) is 5.91 Å². The first-order valence-electron chi connectivity index (χ1n) is 8.16. The number of carbonyl (C=O) groups is 1. The van der Waals surface area contributed by atoms with Crippen LogP contribution in [-0.4, -0.2) is 61.8 Å². The molecule has 1 fully saturated rings. The van der Waals surface area contributed by atoms with Crippen LogP contribution in [0.5, 0.6) is 5.75 Å². The third kappa shape index (κ3) is 3.92. The molecule has 0 saturated carbocycles. The fourth-order valence-corrected chi connectivity index (χ4v) is 3.48. The number of ether oxygens (including phenoxy) is 1. The molecule has 140 valence electrons. The largest absolute Gasteiger partial charge is 0.487 e. The summed E-state index contributed by atoms with van der Waals surface area (Å²) in [5.74, 6) is 0.355. The number of nitriles is 1. The number of benzene rings is 1. The zero-order chi connectivity index (χ0) is 19.6. The van der Waals surface area contributed by atoms with E-state index in [2.05, 4.69) is 4.98 Å². The summed E-state index contributed by atoms with van der Waals surface area (Å²) in [6, 6.07) is 11.0. The lowest BCUT2D eigenvalue weighted by atomic mass is 10.1. The molecule has 1 aliphatic rings. The van der Waals surface area contributed by atoms with Gasteiger partial charge in [0, 0.05) is 31.9 Å². The summed E-state index contributed by atoms with van der Waals surface area (Å²) in [5.41, 5.74) is 0.689. The summed E-state index contributed by atoms with van der Waals surface area (Å²) < 4.78 is 31.0. The number of pyridine rings is 1. The van der Waals surface area contributed by atoms with Crippen molar-refractivity contribution in [1.82, 2.24) is 14.2 Å². The van der Waals surface area contributed by atoms with Crippen molar-refractivity contribution in [2.45, 2.75) is 11.0 Å². The Bertz CT molecular complexity index is 991. The highest BCUT2D eigenvalue weighted by Gasteiger charge is 2.33. The zero-order valence-electron chi connectivity index (χ0n) is 14.9. The van der Waals surface area contributed by atoms with Crippen LogP contribution in [0.15, 0.2) is 47.5 Å². The summed E-state index contributed by atoms with van der Waals surface area (Å²) in [6.07, 6.45) is 1.34. The van der Waals surface area contributed by atoms with E-state index in [-0.39, 0.29) is 22.6 Å². The lowest BCUT2D eigenvalue weighted by Gasteiger charge is -2.39. The molecule has 9 heteroatoms. The number of hydrogen-bond donors (Lipinski definition) is 0. The number of rotatable bonds is 5. The van der Waals surface area contributed by atoms with Gasteiger partial charge in [0.05, 0.1) is 18.0 Å². The second-order valence-corrected chi connectivity index (χ2v) is 8.40. The first-order valence-corrected chi connectivity index (χ1v) is 9.60. The van der Waals surface area contributed by atoms with Crippen molar-refractivity contribution in [3.05, 3.63) is 53.9 Å². The molecule has 1 aromatic heterocycles. The van der Waals surface area contributed by atoms with Crippen molar-refractivity contribution in [1.29, 1.82) is 5.26 Å². The van der Waals surface area contributed by atoms with E-state index in [9.17, 15) is 13.2 Å². The average Bonchev–Trinajstić information content (AvgIpc) is 2.64. The molecule has 0 N–H and O–H groups in total. The zero-order valence-corrected chi connectivity index (χ0v) is 15.7. The Morgan fingerprint density at radius 2 is 1.93 bits per heavy atom. The van der Waals surface area contributed by atoms with E-state index in [0.29, 0.717) is 24.4 Å². The Morgan fingerprint density at radius 1 is 1.26 bits per heavy atom. The van der Waals surface area contributed by atoms with Crippen LogP contribution in [0.25, 0.3) is 0 Å². The van der Waals surface area contributed by atoms with Gasteiger partial charge in [0.15, 0.2) is 0 Å². The van der Waals surface area contributed by atoms with Crippen LogP contribution in [0.2, 0.25) is 0 Å². The minimum Gasteiger partial charge on any atom is -0.487 e. The van der Waals surface area contributed by atoms with Crippen molar-refractivity contribution in [2.75, 3.05) is 27.2 Å². The highest BCUT2D eigenvalue weighted by molar-refractivity contribution is 7.89. The quantitative estimate of drug-likeness (QED) is 0.762. The van der Waals surface area contributed by atoms with Crippen LogP contribution in [0, 0.1) is 11.3 Å². The fraction of sp³-hybridized carbons (Fsp3) is 0.278. The number of hydrogen-bond acceptors (Lipinski definition) is 6. The third-order valence-corrected chi connectivity index (χ3v) is 5.99. The summed E-state index contributed by atoms with van der Waals surface area (Å²) in [4.78, 5) is 18.1. The molecule has 27 heavy (non-hydrogen) atoms. The van der Waals surface area contributed by atoms with E-state index in [1.165, 1.54) is 44.6 Å². The van der Waals surface area contributed by atoms with Crippen LogP contribution in [0.4, 0.5) is 0 Å². The molecule has 0 unspecified atom stereocenters. The van der Waals surface area contributed by atoms with Crippen LogP contribution in [-0.2, 0) is 10.0 Å². The van der Waals surface area contributed by atoms with Gasteiger partial charge in [-0.2, -0.15) is 5.26 Å².